The molecule has 1 atom stereocenters. The zero-order chi connectivity index (χ0) is 23.3. The van der Waals surface area contributed by atoms with Crippen LogP contribution >= 0.6 is 23.2 Å². The predicted octanol–water partition coefficient (Wildman–Crippen LogP) is 3.87. The molecular formula is C20H22Cl2N2O6S. The number of anilines is 1. The first-order valence-corrected chi connectivity index (χ1v) is 11.4. The van der Waals surface area contributed by atoms with Gasteiger partial charge in [-0.1, -0.05) is 23.2 Å². The summed E-state index contributed by atoms with van der Waals surface area (Å²) >= 11 is 11.9. The molecule has 1 amide bonds. The lowest BCUT2D eigenvalue weighted by atomic mass is 10.2. The molecule has 11 heteroatoms. The summed E-state index contributed by atoms with van der Waals surface area (Å²) in [6.07, 6.45) is -1.20. The van der Waals surface area contributed by atoms with Crippen LogP contribution in [0.3, 0.4) is 0 Å². The van der Waals surface area contributed by atoms with Gasteiger partial charge >= 0.3 is 5.97 Å². The van der Waals surface area contributed by atoms with Crippen LogP contribution in [0.15, 0.2) is 41.3 Å². The van der Waals surface area contributed by atoms with Crippen molar-refractivity contribution in [3.05, 3.63) is 52.0 Å². The average molecular weight is 489 g/mol. The second kappa shape index (κ2) is 10.3. The highest BCUT2D eigenvalue weighted by atomic mass is 35.5. The Morgan fingerprint density at radius 1 is 1.03 bits per heavy atom. The minimum Gasteiger partial charge on any atom is -0.495 e. The molecule has 0 saturated heterocycles. The van der Waals surface area contributed by atoms with Crippen LogP contribution in [0, 0.1) is 0 Å². The van der Waals surface area contributed by atoms with Gasteiger partial charge in [0.2, 0.25) is 10.0 Å². The molecule has 0 aliphatic heterocycles. The number of ether oxygens (including phenoxy) is 2. The molecule has 0 radical (unpaired) electrons. The summed E-state index contributed by atoms with van der Waals surface area (Å²) in [7, 11) is -2.63. The van der Waals surface area contributed by atoms with Gasteiger partial charge in [-0.3, -0.25) is 4.79 Å². The van der Waals surface area contributed by atoms with E-state index in [1.165, 1.54) is 38.3 Å². The number of rotatable bonds is 8. The van der Waals surface area contributed by atoms with Crippen molar-refractivity contribution in [2.45, 2.75) is 37.8 Å². The first kappa shape index (κ1) is 24.9. The van der Waals surface area contributed by atoms with Gasteiger partial charge in [-0.2, -0.15) is 0 Å². The van der Waals surface area contributed by atoms with E-state index in [4.69, 9.17) is 32.7 Å². The number of halogens is 2. The predicted molar refractivity (Wildman–Crippen MR) is 118 cm³/mol. The quantitative estimate of drug-likeness (QED) is 0.545. The molecule has 0 aromatic heterocycles. The van der Waals surface area contributed by atoms with E-state index in [2.05, 4.69) is 10.0 Å². The third-order valence-electron chi connectivity index (χ3n) is 3.92. The lowest BCUT2D eigenvalue weighted by Crippen LogP contribution is -2.31. The molecule has 0 spiro atoms. The van der Waals surface area contributed by atoms with Gasteiger partial charge in [0.25, 0.3) is 5.91 Å². The van der Waals surface area contributed by atoms with Crippen molar-refractivity contribution < 1.29 is 27.5 Å². The van der Waals surface area contributed by atoms with Gasteiger partial charge < -0.3 is 14.8 Å². The van der Waals surface area contributed by atoms with Gasteiger partial charge in [0.05, 0.1) is 23.4 Å². The monoisotopic (exact) mass is 488 g/mol. The number of benzene rings is 2. The van der Waals surface area contributed by atoms with Crippen LogP contribution in [0.2, 0.25) is 10.0 Å². The Morgan fingerprint density at radius 3 is 2.32 bits per heavy atom. The van der Waals surface area contributed by atoms with Crippen LogP contribution in [0.5, 0.6) is 5.75 Å². The molecule has 2 aromatic carbocycles. The second-order valence-electron chi connectivity index (χ2n) is 6.80. The Hall–Kier alpha value is -2.33. The zero-order valence-corrected chi connectivity index (χ0v) is 19.6. The number of methoxy groups -OCH3 is 1. The standard InChI is InChI=1S/C20H22Cl2N2O6S/c1-11(2)24-31(27,28)18-9-13(5-8-17(18)29-4)20(26)30-12(3)19(25)23-16-10-14(21)6-7-15(16)22/h5-12,24H,1-4H3,(H,23,25). The normalized spacial score (nSPS) is 12.4. The number of esters is 1. The topological polar surface area (TPSA) is 111 Å². The van der Waals surface area contributed by atoms with E-state index < -0.39 is 28.0 Å². The van der Waals surface area contributed by atoms with Gasteiger partial charge in [0.15, 0.2) is 6.10 Å². The van der Waals surface area contributed by atoms with Crippen LogP contribution in [0.1, 0.15) is 31.1 Å². The van der Waals surface area contributed by atoms with Crippen molar-refractivity contribution in [2.75, 3.05) is 12.4 Å². The highest BCUT2D eigenvalue weighted by Gasteiger charge is 2.25. The van der Waals surface area contributed by atoms with Crippen molar-refractivity contribution in [2.24, 2.45) is 0 Å². The average Bonchev–Trinajstić information content (AvgIpc) is 2.69. The van der Waals surface area contributed by atoms with Gasteiger partial charge in [-0.15, -0.1) is 0 Å². The number of amides is 1. The molecule has 2 aromatic rings. The van der Waals surface area contributed by atoms with E-state index in [1.54, 1.807) is 19.9 Å². The summed E-state index contributed by atoms with van der Waals surface area (Å²) in [6, 6.07) is 7.97. The molecule has 168 valence electrons. The Morgan fingerprint density at radius 2 is 1.71 bits per heavy atom. The molecule has 0 heterocycles. The van der Waals surface area contributed by atoms with E-state index in [0.717, 1.165) is 6.07 Å². The number of sulfonamides is 1. The Bertz CT molecular complexity index is 1090. The minimum absolute atomic E-state index is 0.0612. The molecule has 0 aliphatic carbocycles. The maximum absolute atomic E-state index is 12.6. The Labute approximate surface area is 190 Å². The SMILES string of the molecule is COc1ccc(C(=O)OC(C)C(=O)Nc2cc(Cl)ccc2Cl)cc1S(=O)(=O)NC(C)C. The molecule has 8 nitrogen and oxygen atoms in total. The molecule has 31 heavy (non-hydrogen) atoms. The minimum atomic E-state index is -3.94. The van der Waals surface area contributed by atoms with Crippen LogP contribution in [0.4, 0.5) is 5.69 Å². The lowest BCUT2D eigenvalue weighted by molar-refractivity contribution is -0.123. The van der Waals surface area contributed by atoms with Gasteiger partial charge in [0, 0.05) is 11.1 Å². The molecule has 2 rings (SSSR count). The largest absolute Gasteiger partial charge is 0.495 e. The highest BCUT2D eigenvalue weighted by molar-refractivity contribution is 7.89. The van der Waals surface area contributed by atoms with E-state index in [1.807, 2.05) is 0 Å². The van der Waals surface area contributed by atoms with E-state index >= 15 is 0 Å². The number of hydrogen-bond acceptors (Lipinski definition) is 6. The van der Waals surface area contributed by atoms with Crippen LogP contribution < -0.4 is 14.8 Å². The van der Waals surface area contributed by atoms with E-state index in [9.17, 15) is 18.0 Å². The van der Waals surface area contributed by atoms with Crippen LogP contribution in [-0.2, 0) is 19.6 Å². The van der Waals surface area contributed by atoms with Gasteiger partial charge in [0.1, 0.15) is 10.6 Å². The molecule has 1 unspecified atom stereocenters. The van der Waals surface area contributed by atoms with E-state index in [-0.39, 0.29) is 33.0 Å². The zero-order valence-electron chi connectivity index (χ0n) is 17.2. The third kappa shape index (κ3) is 6.57. The van der Waals surface area contributed by atoms with Crippen LogP contribution in [-0.4, -0.2) is 39.5 Å². The first-order valence-electron chi connectivity index (χ1n) is 9.12. The molecule has 0 bridgehead atoms. The van der Waals surface area contributed by atoms with Crippen molar-refractivity contribution in [1.82, 2.24) is 4.72 Å². The summed E-state index contributed by atoms with van der Waals surface area (Å²) in [6.45, 7) is 4.69. The van der Waals surface area contributed by atoms with Crippen molar-refractivity contribution in [3.8, 4) is 5.75 Å². The molecule has 2 N–H and O–H groups in total. The highest BCUT2D eigenvalue weighted by Crippen LogP contribution is 2.27. The number of nitrogens with one attached hydrogen (secondary N) is 2. The Kier molecular flexibility index (Phi) is 8.30. The second-order valence-corrected chi connectivity index (χ2v) is 9.33. The summed E-state index contributed by atoms with van der Waals surface area (Å²) in [4.78, 5) is 24.7. The first-order chi connectivity index (χ1) is 14.4. The number of hydrogen-bond donors (Lipinski definition) is 2. The molecule has 0 aliphatic rings. The summed E-state index contributed by atoms with van der Waals surface area (Å²) in [5.41, 5.74) is 0.199. The lowest BCUT2D eigenvalue weighted by Gasteiger charge is -2.16. The number of carbonyl (C=O) groups excluding carboxylic acids is 2. The Balaban J connectivity index is 2.20. The summed E-state index contributed by atoms with van der Waals surface area (Å²) in [5, 5.41) is 3.15. The molecular weight excluding hydrogens is 467 g/mol. The smallest absolute Gasteiger partial charge is 0.338 e. The third-order valence-corrected chi connectivity index (χ3v) is 6.16. The fraction of sp³-hybridized carbons (Fsp3) is 0.300. The van der Waals surface area contributed by atoms with Gasteiger partial charge in [-0.25, -0.2) is 17.9 Å². The van der Waals surface area contributed by atoms with Crippen molar-refractivity contribution in [3.63, 3.8) is 0 Å². The maximum Gasteiger partial charge on any atom is 0.338 e. The molecule has 0 saturated carbocycles. The fourth-order valence-electron chi connectivity index (χ4n) is 2.50. The molecule has 0 fully saturated rings. The van der Waals surface area contributed by atoms with Crippen molar-refractivity contribution >= 4 is 50.8 Å². The summed E-state index contributed by atoms with van der Waals surface area (Å²) in [5.74, 6) is -1.46. The fourth-order valence-corrected chi connectivity index (χ4v) is 4.28. The van der Waals surface area contributed by atoms with Crippen molar-refractivity contribution in [1.29, 1.82) is 0 Å². The van der Waals surface area contributed by atoms with Gasteiger partial charge in [-0.05, 0) is 57.2 Å². The van der Waals surface area contributed by atoms with E-state index in [0.29, 0.717) is 5.02 Å². The van der Waals surface area contributed by atoms with Crippen LogP contribution in [0.25, 0.3) is 0 Å². The maximum atomic E-state index is 12.6. The summed E-state index contributed by atoms with van der Waals surface area (Å²) < 4.78 is 37.8. The number of carbonyl (C=O) groups is 2.